The molecule has 0 saturated carbocycles. The van der Waals surface area contributed by atoms with E-state index in [0.717, 1.165) is 10.8 Å². The standard InChI is InChI=1S/C24H25FN2O3S/c1-26(16-20-9-4-5-11-23(20)25)24(28)21-10-6-14-27(17-21)31(29,30)22-13-12-18-7-2-3-8-19(18)15-22/h2-5,7-9,11-13,15,21H,6,10,14,16-17H2,1H3/t21-/m0/s1. The second-order valence-electron chi connectivity index (χ2n) is 8.00. The molecule has 1 amide bonds. The van der Waals surface area contributed by atoms with Crippen molar-refractivity contribution in [1.29, 1.82) is 0 Å². The van der Waals surface area contributed by atoms with Crippen LogP contribution in [0.5, 0.6) is 0 Å². The van der Waals surface area contributed by atoms with Crippen LogP contribution < -0.4 is 0 Å². The maximum atomic E-state index is 13.9. The zero-order valence-corrected chi connectivity index (χ0v) is 18.2. The first-order valence-corrected chi connectivity index (χ1v) is 11.8. The summed E-state index contributed by atoms with van der Waals surface area (Å²) in [5.74, 6) is -0.964. The van der Waals surface area contributed by atoms with E-state index >= 15 is 0 Å². The molecule has 1 aliphatic rings. The molecule has 1 fully saturated rings. The molecule has 0 N–H and O–H groups in total. The van der Waals surface area contributed by atoms with Crippen molar-refractivity contribution >= 4 is 26.7 Å². The Bertz CT molecular complexity index is 1210. The summed E-state index contributed by atoms with van der Waals surface area (Å²) < 4.78 is 41.9. The molecule has 1 aliphatic heterocycles. The first kappa shape index (κ1) is 21.5. The van der Waals surface area contributed by atoms with Crippen LogP contribution in [-0.4, -0.2) is 43.7 Å². The lowest BCUT2D eigenvalue weighted by Crippen LogP contribution is -2.45. The number of carbonyl (C=O) groups excluding carboxylic acids is 1. The van der Waals surface area contributed by atoms with Crippen molar-refractivity contribution < 1.29 is 17.6 Å². The van der Waals surface area contributed by atoms with Gasteiger partial charge >= 0.3 is 0 Å². The third-order valence-corrected chi connectivity index (χ3v) is 7.69. The monoisotopic (exact) mass is 440 g/mol. The molecular weight excluding hydrogens is 415 g/mol. The molecule has 31 heavy (non-hydrogen) atoms. The fourth-order valence-corrected chi connectivity index (χ4v) is 5.67. The lowest BCUT2D eigenvalue weighted by Gasteiger charge is -2.33. The third kappa shape index (κ3) is 4.48. The van der Waals surface area contributed by atoms with E-state index in [4.69, 9.17) is 0 Å². The quantitative estimate of drug-likeness (QED) is 0.602. The molecule has 3 aromatic carbocycles. The topological polar surface area (TPSA) is 57.7 Å². The van der Waals surface area contributed by atoms with E-state index in [-0.39, 0.29) is 29.7 Å². The molecule has 0 radical (unpaired) electrons. The van der Waals surface area contributed by atoms with Crippen LogP contribution in [0.25, 0.3) is 10.8 Å². The lowest BCUT2D eigenvalue weighted by atomic mass is 9.98. The minimum atomic E-state index is -3.71. The number of halogens is 1. The molecule has 0 bridgehead atoms. The van der Waals surface area contributed by atoms with Crippen LogP contribution in [0.3, 0.4) is 0 Å². The van der Waals surface area contributed by atoms with Gasteiger partial charge in [0.1, 0.15) is 5.82 Å². The molecule has 7 heteroatoms. The second-order valence-corrected chi connectivity index (χ2v) is 9.93. The molecule has 0 spiro atoms. The van der Waals surface area contributed by atoms with Gasteiger partial charge in [-0.25, -0.2) is 12.8 Å². The molecule has 0 aliphatic carbocycles. The van der Waals surface area contributed by atoms with Crippen LogP contribution in [0.15, 0.2) is 71.6 Å². The molecule has 1 heterocycles. The van der Waals surface area contributed by atoms with Crippen molar-refractivity contribution in [3.8, 4) is 0 Å². The summed E-state index contributed by atoms with van der Waals surface area (Å²) in [5.41, 5.74) is 0.440. The van der Waals surface area contributed by atoms with Crippen LogP contribution in [0, 0.1) is 11.7 Å². The second kappa shape index (κ2) is 8.77. The minimum absolute atomic E-state index is 0.135. The number of carbonyl (C=O) groups is 1. The average molecular weight is 441 g/mol. The highest BCUT2D eigenvalue weighted by atomic mass is 32.2. The summed E-state index contributed by atoms with van der Waals surface area (Å²) >= 11 is 0. The van der Waals surface area contributed by atoms with E-state index in [1.165, 1.54) is 15.3 Å². The van der Waals surface area contributed by atoms with Gasteiger partial charge in [-0.3, -0.25) is 4.79 Å². The van der Waals surface area contributed by atoms with Gasteiger partial charge in [-0.05, 0) is 41.8 Å². The van der Waals surface area contributed by atoms with Crippen molar-refractivity contribution in [2.75, 3.05) is 20.1 Å². The molecular formula is C24H25FN2O3S. The Morgan fingerprint density at radius 1 is 1.06 bits per heavy atom. The molecule has 1 atom stereocenters. The molecule has 1 saturated heterocycles. The Morgan fingerprint density at radius 2 is 1.77 bits per heavy atom. The summed E-state index contributed by atoms with van der Waals surface area (Å²) in [5, 5.41) is 1.83. The van der Waals surface area contributed by atoms with Gasteiger partial charge in [0.2, 0.25) is 15.9 Å². The van der Waals surface area contributed by atoms with Crippen LogP contribution in [0.1, 0.15) is 18.4 Å². The first-order valence-electron chi connectivity index (χ1n) is 10.3. The third-order valence-electron chi connectivity index (χ3n) is 5.83. The van der Waals surface area contributed by atoms with Crippen LogP contribution in [-0.2, 0) is 21.4 Å². The first-order chi connectivity index (χ1) is 14.9. The number of sulfonamides is 1. The highest BCUT2D eigenvalue weighted by molar-refractivity contribution is 7.89. The molecule has 162 valence electrons. The Hall–Kier alpha value is -2.77. The molecule has 3 aromatic rings. The van der Waals surface area contributed by atoms with E-state index in [1.54, 1.807) is 43.4 Å². The van der Waals surface area contributed by atoms with Crippen LogP contribution >= 0.6 is 0 Å². The number of hydrogen-bond donors (Lipinski definition) is 0. The van der Waals surface area contributed by atoms with Crippen molar-refractivity contribution in [3.63, 3.8) is 0 Å². The van der Waals surface area contributed by atoms with Gasteiger partial charge in [0.25, 0.3) is 0 Å². The van der Waals surface area contributed by atoms with Gasteiger partial charge in [0, 0.05) is 32.2 Å². The van der Waals surface area contributed by atoms with Gasteiger partial charge in [0.15, 0.2) is 0 Å². The van der Waals surface area contributed by atoms with Gasteiger partial charge < -0.3 is 4.90 Å². The van der Waals surface area contributed by atoms with Crippen LogP contribution in [0.4, 0.5) is 4.39 Å². The highest BCUT2D eigenvalue weighted by Gasteiger charge is 2.34. The zero-order chi connectivity index (χ0) is 22.0. The van der Waals surface area contributed by atoms with Crippen molar-refractivity contribution in [2.24, 2.45) is 5.92 Å². The number of piperidine rings is 1. The van der Waals surface area contributed by atoms with E-state index in [2.05, 4.69) is 0 Å². The summed E-state index contributed by atoms with van der Waals surface area (Å²) in [4.78, 5) is 14.7. The summed E-state index contributed by atoms with van der Waals surface area (Å²) in [6.07, 6.45) is 1.22. The highest BCUT2D eigenvalue weighted by Crippen LogP contribution is 2.27. The summed E-state index contributed by atoms with van der Waals surface area (Å²) in [6.45, 7) is 0.672. The SMILES string of the molecule is CN(Cc1ccccc1F)C(=O)[C@H]1CCCN(S(=O)(=O)c2ccc3ccccc3c2)C1. The smallest absolute Gasteiger partial charge is 0.243 e. The number of fused-ring (bicyclic) bond motifs is 1. The predicted molar refractivity (Wildman–Crippen MR) is 118 cm³/mol. The number of nitrogens with zero attached hydrogens (tertiary/aromatic N) is 2. The molecule has 5 nitrogen and oxygen atoms in total. The Labute approximate surface area is 182 Å². The fourth-order valence-electron chi connectivity index (χ4n) is 4.11. The number of benzene rings is 3. The predicted octanol–water partition coefficient (Wildman–Crippen LogP) is 4.04. The van der Waals surface area contributed by atoms with Gasteiger partial charge in [-0.1, -0.05) is 48.5 Å². The maximum Gasteiger partial charge on any atom is 0.243 e. The van der Waals surface area contributed by atoms with Crippen molar-refractivity contribution in [1.82, 2.24) is 9.21 Å². The lowest BCUT2D eigenvalue weighted by molar-refractivity contribution is -0.135. The largest absolute Gasteiger partial charge is 0.341 e. The molecule has 0 unspecified atom stereocenters. The van der Waals surface area contributed by atoms with Crippen molar-refractivity contribution in [2.45, 2.75) is 24.3 Å². The molecule has 0 aromatic heterocycles. The van der Waals surface area contributed by atoms with Gasteiger partial charge in [0.05, 0.1) is 10.8 Å². The normalized spacial score (nSPS) is 17.5. The summed E-state index contributed by atoms with van der Waals surface area (Å²) in [6, 6.07) is 19.1. The number of rotatable bonds is 5. The minimum Gasteiger partial charge on any atom is -0.341 e. The van der Waals surface area contributed by atoms with E-state index in [1.807, 2.05) is 24.3 Å². The number of hydrogen-bond acceptors (Lipinski definition) is 3. The Morgan fingerprint density at radius 3 is 2.55 bits per heavy atom. The Balaban J connectivity index is 1.50. The number of amides is 1. The zero-order valence-electron chi connectivity index (χ0n) is 17.4. The van der Waals surface area contributed by atoms with Gasteiger partial charge in [-0.15, -0.1) is 0 Å². The van der Waals surface area contributed by atoms with Crippen molar-refractivity contribution in [3.05, 3.63) is 78.1 Å². The van der Waals surface area contributed by atoms with Gasteiger partial charge in [-0.2, -0.15) is 4.31 Å². The van der Waals surface area contributed by atoms with E-state index < -0.39 is 15.9 Å². The average Bonchev–Trinajstić information content (AvgIpc) is 2.79. The summed E-state index contributed by atoms with van der Waals surface area (Å²) in [7, 11) is -2.08. The van der Waals surface area contributed by atoms with E-state index in [0.29, 0.717) is 24.9 Å². The van der Waals surface area contributed by atoms with Crippen LogP contribution in [0.2, 0.25) is 0 Å². The maximum absolute atomic E-state index is 13.9. The Kier molecular flexibility index (Phi) is 6.07. The fraction of sp³-hybridized carbons (Fsp3) is 0.292. The molecule has 4 rings (SSSR count). The van der Waals surface area contributed by atoms with E-state index in [9.17, 15) is 17.6 Å².